The molecule has 5 rings (SSSR count). The number of fused-ring (bicyclic) bond motifs is 6. The van der Waals surface area contributed by atoms with Crippen LogP contribution in [-0.2, 0) is 15.0 Å². The number of nitrogens with zero attached hydrogens (tertiary/aromatic N) is 1. The van der Waals surface area contributed by atoms with Crippen LogP contribution < -0.4 is 10.1 Å². The van der Waals surface area contributed by atoms with Crippen LogP contribution in [0.2, 0.25) is 0 Å². The van der Waals surface area contributed by atoms with E-state index >= 15 is 0 Å². The zero-order valence-electron chi connectivity index (χ0n) is 16.5. The number of ether oxygens (including phenoxy) is 1. The first-order valence-corrected chi connectivity index (χ1v) is 9.92. The van der Waals surface area contributed by atoms with Crippen molar-refractivity contribution in [2.45, 2.75) is 31.3 Å². The van der Waals surface area contributed by atoms with Crippen molar-refractivity contribution in [2.24, 2.45) is 11.8 Å². The number of nitro groups is 1. The summed E-state index contributed by atoms with van der Waals surface area (Å²) in [6.07, 6.45) is 2.39. The van der Waals surface area contributed by atoms with Gasteiger partial charge in [0.2, 0.25) is 5.91 Å². The number of hydrogen-bond acceptors (Lipinski definition) is 5. The van der Waals surface area contributed by atoms with E-state index < -0.39 is 22.2 Å². The Hall–Kier alpha value is -3.48. The molecular formula is C23H20N2O5. The third-order valence-electron chi connectivity index (χ3n) is 6.97. The fraction of sp³-hybridized carbons (Fsp3) is 0.304. The maximum atomic E-state index is 13.6. The summed E-state index contributed by atoms with van der Waals surface area (Å²) in [4.78, 5) is 36.6. The van der Waals surface area contributed by atoms with Crippen molar-refractivity contribution in [3.05, 3.63) is 75.4 Å². The van der Waals surface area contributed by atoms with Gasteiger partial charge in [-0.25, -0.2) is 0 Å². The number of allylic oxidation sites excluding steroid dienone is 1. The quantitative estimate of drug-likeness (QED) is 0.467. The van der Waals surface area contributed by atoms with Crippen molar-refractivity contribution in [3.8, 4) is 5.75 Å². The summed E-state index contributed by atoms with van der Waals surface area (Å²) >= 11 is 0. The number of rotatable bonds is 2. The molecule has 0 radical (unpaired) electrons. The molecule has 5 atom stereocenters. The van der Waals surface area contributed by atoms with Gasteiger partial charge in [-0.15, -0.1) is 0 Å². The third-order valence-corrected chi connectivity index (χ3v) is 6.97. The van der Waals surface area contributed by atoms with E-state index in [9.17, 15) is 19.7 Å². The Labute approximate surface area is 172 Å². The van der Waals surface area contributed by atoms with Crippen LogP contribution in [-0.4, -0.2) is 23.2 Å². The standard InChI is InChI=1S/C23H20N2O5/c1-12-14(11-26)9-16-13(2)30-20-8-7-15(25(28)29)10-17(20)21(16)23(12)18-5-3-4-6-19(18)24-22(23)27/h3-13,16,21H,1-2H3,(H,24,27)/t12-,13-,16-,21+,23-/m1/s1. The van der Waals surface area contributed by atoms with Gasteiger partial charge in [0.25, 0.3) is 5.69 Å². The molecule has 152 valence electrons. The van der Waals surface area contributed by atoms with Crippen LogP contribution in [0, 0.1) is 22.0 Å². The Morgan fingerprint density at radius 3 is 2.70 bits per heavy atom. The maximum absolute atomic E-state index is 13.6. The summed E-state index contributed by atoms with van der Waals surface area (Å²) in [6.45, 7) is 3.79. The summed E-state index contributed by atoms with van der Waals surface area (Å²) in [7, 11) is 0. The average Bonchev–Trinajstić information content (AvgIpc) is 3.02. The minimum absolute atomic E-state index is 0.0506. The number of carbonyl (C=O) groups is 2. The highest BCUT2D eigenvalue weighted by Crippen LogP contribution is 2.62. The second kappa shape index (κ2) is 6.26. The molecule has 2 aromatic carbocycles. The van der Waals surface area contributed by atoms with Crippen molar-refractivity contribution in [3.63, 3.8) is 0 Å². The highest BCUT2D eigenvalue weighted by molar-refractivity contribution is 6.08. The van der Waals surface area contributed by atoms with E-state index in [1.807, 2.05) is 44.2 Å². The van der Waals surface area contributed by atoms with Gasteiger partial charge in [0.15, 0.2) is 0 Å². The van der Waals surface area contributed by atoms with Crippen molar-refractivity contribution < 1.29 is 19.2 Å². The minimum Gasteiger partial charge on any atom is -0.490 e. The van der Waals surface area contributed by atoms with E-state index in [1.165, 1.54) is 12.1 Å². The molecule has 1 spiro atoms. The highest BCUT2D eigenvalue weighted by atomic mass is 16.6. The molecule has 3 aliphatic rings. The smallest absolute Gasteiger partial charge is 0.269 e. The molecule has 0 saturated carbocycles. The third kappa shape index (κ3) is 2.20. The molecule has 1 aliphatic carbocycles. The van der Waals surface area contributed by atoms with Crippen LogP contribution in [0.15, 0.2) is 54.1 Å². The first-order valence-electron chi connectivity index (χ1n) is 9.92. The van der Waals surface area contributed by atoms with Gasteiger partial charge in [0.05, 0.1) is 10.3 Å². The maximum Gasteiger partial charge on any atom is 0.269 e. The lowest BCUT2D eigenvalue weighted by atomic mass is 9.52. The van der Waals surface area contributed by atoms with Gasteiger partial charge >= 0.3 is 0 Å². The summed E-state index contributed by atoms with van der Waals surface area (Å²) in [5.74, 6) is -0.741. The molecule has 0 unspecified atom stereocenters. The topological polar surface area (TPSA) is 98.5 Å². The second-order valence-corrected chi connectivity index (χ2v) is 8.23. The van der Waals surface area contributed by atoms with Gasteiger partial charge in [-0.05, 0) is 30.2 Å². The number of anilines is 1. The lowest BCUT2D eigenvalue weighted by Gasteiger charge is -2.51. The zero-order chi connectivity index (χ0) is 21.2. The van der Waals surface area contributed by atoms with E-state index in [1.54, 1.807) is 6.07 Å². The number of hydrogen-bond donors (Lipinski definition) is 1. The first kappa shape index (κ1) is 18.5. The van der Waals surface area contributed by atoms with Gasteiger partial charge in [0, 0.05) is 41.1 Å². The predicted octanol–water partition coefficient (Wildman–Crippen LogP) is 3.74. The van der Waals surface area contributed by atoms with E-state index in [4.69, 9.17) is 4.74 Å². The van der Waals surface area contributed by atoms with Crippen LogP contribution in [0.4, 0.5) is 11.4 Å². The predicted molar refractivity (Wildman–Crippen MR) is 109 cm³/mol. The first-order chi connectivity index (χ1) is 14.4. The largest absolute Gasteiger partial charge is 0.490 e. The Kier molecular flexibility index (Phi) is 3.87. The summed E-state index contributed by atoms with van der Waals surface area (Å²) < 4.78 is 6.08. The SMILES string of the molecule is C[C@@H]1C(C=O)=C[C@H]2[C@@H](c3cc([N+](=O)[O-])ccc3O[C@@H]2C)[C@@]12C(=O)Nc1ccccc12. The zero-order valence-corrected chi connectivity index (χ0v) is 16.5. The average molecular weight is 404 g/mol. The van der Waals surface area contributed by atoms with Crippen LogP contribution in [0.5, 0.6) is 5.75 Å². The monoisotopic (exact) mass is 404 g/mol. The molecule has 1 amide bonds. The van der Waals surface area contributed by atoms with Crippen molar-refractivity contribution in [1.29, 1.82) is 0 Å². The lowest BCUT2D eigenvalue weighted by molar-refractivity contribution is -0.385. The molecule has 0 bridgehead atoms. The van der Waals surface area contributed by atoms with E-state index in [0.29, 0.717) is 22.6 Å². The summed E-state index contributed by atoms with van der Waals surface area (Å²) in [5.41, 5.74) is 1.60. The van der Waals surface area contributed by atoms with Gasteiger partial charge < -0.3 is 10.1 Å². The number of benzene rings is 2. The number of nitrogens with one attached hydrogen (secondary N) is 1. The Bertz CT molecular complexity index is 1140. The number of carbonyl (C=O) groups excluding carboxylic acids is 2. The molecule has 2 aliphatic heterocycles. The number of amides is 1. The summed E-state index contributed by atoms with van der Waals surface area (Å²) in [5, 5.41) is 14.5. The lowest BCUT2D eigenvalue weighted by Crippen LogP contribution is -2.55. The molecule has 0 aromatic heterocycles. The van der Waals surface area contributed by atoms with Gasteiger partial charge in [-0.3, -0.25) is 19.7 Å². The van der Waals surface area contributed by atoms with E-state index in [2.05, 4.69) is 5.32 Å². The fourth-order valence-electron chi connectivity index (χ4n) is 5.62. The second-order valence-electron chi connectivity index (χ2n) is 8.23. The van der Waals surface area contributed by atoms with E-state index in [0.717, 1.165) is 11.8 Å². The molecular weight excluding hydrogens is 384 g/mol. The fourth-order valence-corrected chi connectivity index (χ4v) is 5.62. The molecule has 7 heteroatoms. The van der Waals surface area contributed by atoms with Crippen molar-refractivity contribution >= 4 is 23.6 Å². The van der Waals surface area contributed by atoms with Gasteiger partial charge in [-0.1, -0.05) is 31.2 Å². The number of non-ortho nitro benzene ring substituents is 1. The Morgan fingerprint density at radius 2 is 1.97 bits per heavy atom. The van der Waals surface area contributed by atoms with Gasteiger partial charge in [0.1, 0.15) is 18.1 Å². The summed E-state index contributed by atoms with van der Waals surface area (Å²) in [6, 6.07) is 12.0. The van der Waals surface area contributed by atoms with Crippen LogP contribution in [0.25, 0.3) is 0 Å². The van der Waals surface area contributed by atoms with Gasteiger partial charge in [-0.2, -0.15) is 0 Å². The molecule has 2 heterocycles. The molecule has 2 aromatic rings. The van der Waals surface area contributed by atoms with Crippen LogP contribution >= 0.6 is 0 Å². The molecule has 0 saturated heterocycles. The minimum atomic E-state index is -1.06. The molecule has 0 fully saturated rings. The number of nitro benzene ring substituents is 1. The molecule has 30 heavy (non-hydrogen) atoms. The molecule has 7 nitrogen and oxygen atoms in total. The number of aldehydes is 1. The Morgan fingerprint density at radius 1 is 1.20 bits per heavy atom. The van der Waals surface area contributed by atoms with Crippen molar-refractivity contribution in [1.82, 2.24) is 0 Å². The molecule has 1 N–H and O–H groups in total. The van der Waals surface area contributed by atoms with Crippen molar-refractivity contribution in [2.75, 3.05) is 5.32 Å². The normalized spacial score (nSPS) is 31.0. The Balaban J connectivity index is 1.86. The van der Waals surface area contributed by atoms with Crippen LogP contribution in [0.1, 0.15) is 30.9 Å². The van der Waals surface area contributed by atoms with Crippen LogP contribution in [0.3, 0.4) is 0 Å². The number of para-hydroxylation sites is 1. The van der Waals surface area contributed by atoms with E-state index in [-0.39, 0.29) is 23.6 Å². The highest BCUT2D eigenvalue weighted by Gasteiger charge is 2.62.